The summed E-state index contributed by atoms with van der Waals surface area (Å²) in [6.45, 7) is 1.84. The van der Waals surface area contributed by atoms with Crippen LogP contribution in [0, 0.1) is 0 Å². The lowest BCUT2D eigenvalue weighted by Gasteiger charge is -2.19. The Kier molecular flexibility index (Phi) is 7.97. The van der Waals surface area contributed by atoms with Crippen molar-refractivity contribution in [2.75, 3.05) is 33.8 Å². The number of benzene rings is 3. The van der Waals surface area contributed by atoms with Gasteiger partial charge in [-0.1, -0.05) is 12.1 Å². The van der Waals surface area contributed by atoms with E-state index in [9.17, 15) is 9.59 Å². The largest absolute Gasteiger partial charge is 0.497 e. The highest BCUT2D eigenvalue weighted by atomic mass is 16.5. The van der Waals surface area contributed by atoms with E-state index in [-0.39, 0.29) is 17.9 Å². The molecular weight excluding hydrogens is 436 g/mol. The molecule has 1 unspecified atom stereocenters. The highest BCUT2D eigenvalue weighted by molar-refractivity contribution is 6.09. The van der Waals surface area contributed by atoms with Crippen molar-refractivity contribution in [1.82, 2.24) is 5.32 Å². The lowest BCUT2D eigenvalue weighted by Crippen LogP contribution is -2.28. The van der Waals surface area contributed by atoms with Gasteiger partial charge in [0, 0.05) is 5.56 Å². The maximum atomic E-state index is 13.1. The van der Waals surface area contributed by atoms with Crippen LogP contribution in [-0.2, 0) is 0 Å². The molecule has 3 aromatic carbocycles. The van der Waals surface area contributed by atoms with Gasteiger partial charge in [0.25, 0.3) is 11.8 Å². The van der Waals surface area contributed by atoms with Crippen LogP contribution in [0.5, 0.6) is 23.0 Å². The van der Waals surface area contributed by atoms with E-state index >= 15 is 0 Å². The molecule has 0 aliphatic rings. The molecule has 2 amide bonds. The van der Waals surface area contributed by atoms with Gasteiger partial charge in [0.15, 0.2) is 11.5 Å². The zero-order valence-corrected chi connectivity index (χ0v) is 19.8. The lowest BCUT2D eigenvalue weighted by atomic mass is 10.1. The molecule has 3 rings (SSSR count). The van der Waals surface area contributed by atoms with Crippen LogP contribution in [0.25, 0.3) is 0 Å². The zero-order valence-electron chi connectivity index (χ0n) is 19.8. The number of nitrogens with one attached hydrogen (secondary N) is 2. The standard InChI is InChI=1S/C26H28N2O6/c1-16(18-14-22(32-3)24(34-5)23(15-18)33-4)27-26(30)20-8-6-7-9-21(20)28-25(29)17-10-12-19(31-2)13-11-17/h6-16H,1-5H3,(H,27,30)(H,28,29). The van der Waals surface area contributed by atoms with E-state index in [1.807, 2.05) is 6.92 Å². The fourth-order valence-corrected chi connectivity index (χ4v) is 3.44. The summed E-state index contributed by atoms with van der Waals surface area (Å²) in [6, 6.07) is 16.7. The number of anilines is 1. The topological polar surface area (TPSA) is 95.1 Å². The average molecular weight is 465 g/mol. The Labute approximate surface area is 198 Å². The first-order valence-corrected chi connectivity index (χ1v) is 10.6. The molecule has 0 aliphatic heterocycles. The summed E-state index contributed by atoms with van der Waals surface area (Å²) >= 11 is 0. The smallest absolute Gasteiger partial charge is 0.255 e. The number of hydrogen-bond acceptors (Lipinski definition) is 6. The number of carbonyl (C=O) groups excluding carboxylic acids is 2. The highest BCUT2D eigenvalue weighted by Gasteiger charge is 2.20. The molecule has 0 aliphatic carbocycles. The monoisotopic (exact) mass is 464 g/mol. The SMILES string of the molecule is COc1ccc(C(=O)Nc2ccccc2C(=O)NC(C)c2cc(OC)c(OC)c(OC)c2)cc1. The third-order valence-electron chi connectivity index (χ3n) is 5.31. The Morgan fingerprint density at radius 3 is 1.94 bits per heavy atom. The van der Waals surface area contributed by atoms with Crippen molar-refractivity contribution >= 4 is 17.5 Å². The number of ether oxygens (including phenoxy) is 4. The van der Waals surface area contributed by atoms with Gasteiger partial charge in [-0.05, 0) is 61.0 Å². The fraction of sp³-hybridized carbons (Fsp3) is 0.231. The molecule has 0 spiro atoms. The van der Waals surface area contributed by atoms with Crippen molar-refractivity contribution in [3.63, 3.8) is 0 Å². The predicted molar refractivity (Wildman–Crippen MR) is 129 cm³/mol. The maximum Gasteiger partial charge on any atom is 0.255 e. The van der Waals surface area contributed by atoms with E-state index in [4.69, 9.17) is 18.9 Å². The first-order chi connectivity index (χ1) is 16.4. The molecule has 0 saturated carbocycles. The number of hydrogen-bond donors (Lipinski definition) is 2. The van der Waals surface area contributed by atoms with Crippen LogP contribution >= 0.6 is 0 Å². The van der Waals surface area contributed by atoms with Crippen LogP contribution in [0.3, 0.4) is 0 Å². The van der Waals surface area contributed by atoms with Crippen molar-refractivity contribution in [2.24, 2.45) is 0 Å². The van der Waals surface area contributed by atoms with E-state index in [1.165, 1.54) is 21.3 Å². The number of rotatable bonds is 9. The van der Waals surface area contributed by atoms with Crippen molar-refractivity contribution in [2.45, 2.75) is 13.0 Å². The van der Waals surface area contributed by atoms with E-state index in [2.05, 4.69) is 10.6 Å². The Hall–Kier alpha value is -4.20. The van der Waals surface area contributed by atoms with Crippen LogP contribution in [-0.4, -0.2) is 40.3 Å². The summed E-state index contributed by atoms with van der Waals surface area (Å²) < 4.78 is 21.3. The highest BCUT2D eigenvalue weighted by Crippen LogP contribution is 2.39. The fourth-order valence-electron chi connectivity index (χ4n) is 3.44. The predicted octanol–water partition coefficient (Wildman–Crippen LogP) is 4.46. The number of para-hydroxylation sites is 1. The summed E-state index contributed by atoms with van der Waals surface area (Å²) in [4.78, 5) is 25.8. The molecule has 0 aromatic heterocycles. The van der Waals surface area contributed by atoms with Gasteiger partial charge in [0.2, 0.25) is 5.75 Å². The normalized spacial score (nSPS) is 11.2. The molecule has 0 fully saturated rings. The number of amides is 2. The van der Waals surface area contributed by atoms with E-state index in [0.717, 1.165) is 5.56 Å². The summed E-state index contributed by atoms with van der Waals surface area (Å²) in [7, 11) is 6.16. The number of methoxy groups -OCH3 is 4. The van der Waals surface area contributed by atoms with E-state index < -0.39 is 0 Å². The Bertz CT molecular complexity index is 1140. The van der Waals surface area contributed by atoms with Crippen LogP contribution in [0.1, 0.15) is 39.2 Å². The molecule has 0 heterocycles. The van der Waals surface area contributed by atoms with Crippen molar-refractivity contribution in [1.29, 1.82) is 0 Å². The number of carbonyl (C=O) groups is 2. The second kappa shape index (κ2) is 11.1. The van der Waals surface area contributed by atoms with Gasteiger partial charge in [-0.25, -0.2) is 0 Å². The summed E-state index contributed by atoms with van der Waals surface area (Å²) in [5, 5.41) is 5.78. The van der Waals surface area contributed by atoms with Gasteiger partial charge in [0.05, 0.1) is 45.7 Å². The molecule has 0 bridgehead atoms. The molecule has 8 heteroatoms. The van der Waals surface area contributed by atoms with Gasteiger partial charge >= 0.3 is 0 Å². The van der Waals surface area contributed by atoms with Gasteiger partial charge in [-0.2, -0.15) is 0 Å². The van der Waals surface area contributed by atoms with Crippen LogP contribution in [0.2, 0.25) is 0 Å². The molecule has 34 heavy (non-hydrogen) atoms. The molecule has 8 nitrogen and oxygen atoms in total. The first kappa shape index (κ1) is 24.4. The van der Waals surface area contributed by atoms with Crippen molar-refractivity contribution in [3.8, 4) is 23.0 Å². The van der Waals surface area contributed by atoms with Gasteiger partial charge in [0.1, 0.15) is 5.75 Å². The summed E-state index contributed by atoms with van der Waals surface area (Å²) in [5.74, 6) is 1.43. The molecule has 1 atom stereocenters. The first-order valence-electron chi connectivity index (χ1n) is 10.6. The van der Waals surface area contributed by atoms with Crippen molar-refractivity contribution < 1.29 is 28.5 Å². The van der Waals surface area contributed by atoms with E-state index in [1.54, 1.807) is 67.8 Å². The third kappa shape index (κ3) is 5.40. The molecule has 3 aromatic rings. The van der Waals surface area contributed by atoms with Crippen molar-refractivity contribution in [3.05, 3.63) is 77.4 Å². The van der Waals surface area contributed by atoms with Gasteiger partial charge in [-0.15, -0.1) is 0 Å². The minimum Gasteiger partial charge on any atom is -0.497 e. The minimum absolute atomic E-state index is 0.333. The summed E-state index contributed by atoms with van der Waals surface area (Å²) in [6.07, 6.45) is 0. The molecule has 178 valence electrons. The Balaban J connectivity index is 1.80. The molecule has 0 radical (unpaired) electrons. The maximum absolute atomic E-state index is 13.1. The second-order valence-corrected chi connectivity index (χ2v) is 7.38. The molecular formula is C26H28N2O6. The zero-order chi connectivity index (χ0) is 24.7. The van der Waals surface area contributed by atoms with Crippen LogP contribution in [0.4, 0.5) is 5.69 Å². The lowest BCUT2D eigenvalue weighted by molar-refractivity contribution is 0.0940. The van der Waals surface area contributed by atoms with Gasteiger partial charge in [-0.3, -0.25) is 9.59 Å². The van der Waals surface area contributed by atoms with Crippen LogP contribution in [0.15, 0.2) is 60.7 Å². The molecule has 0 saturated heterocycles. The van der Waals surface area contributed by atoms with Gasteiger partial charge < -0.3 is 29.6 Å². The average Bonchev–Trinajstić information content (AvgIpc) is 2.87. The summed E-state index contributed by atoms with van der Waals surface area (Å²) in [5.41, 5.74) is 1.95. The van der Waals surface area contributed by atoms with Crippen LogP contribution < -0.4 is 29.6 Å². The van der Waals surface area contributed by atoms with E-state index in [0.29, 0.717) is 39.8 Å². The Morgan fingerprint density at radius 2 is 1.38 bits per heavy atom. The molecule has 2 N–H and O–H groups in total. The second-order valence-electron chi connectivity index (χ2n) is 7.38. The minimum atomic E-state index is -0.383. The quantitative estimate of drug-likeness (QED) is 0.485. The third-order valence-corrected chi connectivity index (χ3v) is 5.31. The Morgan fingerprint density at radius 1 is 0.765 bits per heavy atom.